The Hall–Kier alpha value is -1.33. The number of aliphatic hydroxyl groups is 1. The highest BCUT2D eigenvalue weighted by Gasteiger charge is 2.22. The SMILES string of the molecule is CC(F)c1cc2c(c(C(N)CO)c1)OCCO2. The van der Waals surface area contributed by atoms with Crippen LogP contribution in [0.4, 0.5) is 4.39 Å². The van der Waals surface area contributed by atoms with E-state index in [4.69, 9.17) is 20.3 Å². The molecule has 0 spiro atoms. The van der Waals surface area contributed by atoms with Gasteiger partial charge in [-0.2, -0.15) is 0 Å². The van der Waals surface area contributed by atoms with Crippen LogP contribution in [0.5, 0.6) is 11.5 Å². The largest absolute Gasteiger partial charge is 0.486 e. The summed E-state index contributed by atoms with van der Waals surface area (Å²) in [4.78, 5) is 0. The minimum absolute atomic E-state index is 0.222. The van der Waals surface area contributed by atoms with Gasteiger partial charge in [-0.25, -0.2) is 4.39 Å². The lowest BCUT2D eigenvalue weighted by Gasteiger charge is -2.24. The lowest BCUT2D eigenvalue weighted by Crippen LogP contribution is -2.21. The third-order valence-electron chi connectivity index (χ3n) is 2.75. The molecule has 0 aromatic heterocycles. The fourth-order valence-electron chi connectivity index (χ4n) is 1.81. The number of fused-ring (bicyclic) bond motifs is 1. The number of aliphatic hydroxyl groups excluding tert-OH is 1. The fraction of sp³-hybridized carbons (Fsp3) is 0.500. The molecule has 3 N–H and O–H groups in total. The summed E-state index contributed by atoms with van der Waals surface area (Å²) in [5.74, 6) is 1.01. The molecule has 5 heteroatoms. The van der Waals surface area contributed by atoms with Crippen LogP contribution in [-0.2, 0) is 0 Å². The quantitative estimate of drug-likeness (QED) is 0.841. The normalized spacial score (nSPS) is 17.6. The van der Waals surface area contributed by atoms with Crippen molar-refractivity contribution in [2.24, 2.45) is 5.73 Å². The number of halogens is 1. The Morgan fingerprint density at radius 2 is 2.12 bits per heavy atom. The van der Waals surface area contributed by atoms with Gasteiger partial charge in [0.05, 0.1) is 12.6 Å². The van der Waals surface area contributed by atoms with Gasteiger partial charge in [0.15, 0.2) is 11.5 Å². The van der Waals surface area contributed by atoms with Crippen molar-refractivity contribution in [2.45, 2.75) is 19.1 Å². The fourth-order valence-corrected chi connectivity index (χ4v) is 1.81. The van der Waals surface area contributed by atoms with Gasteiger partial charge in [-0.05, 0) is 24.6 Å². The smallest absolute Gasteiger partial charge is 0.166 e. The molecule has 0 amide bonds. The van der Waals surface area contributed by atoms with Gasteiger partial charge < -0.3 is 20.3 Å². The molecule has 1 aliphatic rings. The third kappa shape index (κ3) is 2.35. The minimum Gasteiger partial charge on any atom is -0.486 e. The predicted octanol–water partition coefficient (Wildman–Crippen LogP) is 1.48. The highest BCUT2D eigenvalue weighted by molar-refractivity contribution is 5.52. The van der Waals surface area contributed by atoms with E-state index in [1.165, 1.54) is 6.92 Å². The average molecular weight is 241 g/mol. The number of alkyl halides is 1. The van der Waals surface area contributed by atoms with E-state index in [1.54, 1.807) is 12.1 Å². The first kappa shape index (κ1) is 12.1. The summed E-state index contributed by atoms with van der Waals surface area (Å²) in [6.07, 6.45) is -1.12. The summed E-state index contributed by atoms with van der Waals surface area (Å²) in [6, 6.07) is 2.65. The van der Waals surface area contributed by atoms with E-state index >= 15 is 0 Å². The minimum atomic E-state index is -1.12. The molecule has 2 atom stereocenters. The zero-order chi connectivity index (χ0) is 12.4. The maximum absolute atomic E-state index is 13.4. The van der Waals surface area contributed by atoms with Crippen LogP contribution in [-0.4, -0.2) is 24.9 Å². The van der Waals surface area contributed by atoms with Crippen molar-refractivity contribution in [2.75, 3.05) is 19.8 Å². The lowest BCUT2D eigenvalue weighted by molar-refractivity contribution is 0.166. The first-order valence-corrected chi connectivity index (χ1v) is 5.57. The van der Waals surface area contributed by atoms with Crippen LogP contribution in [0.25, 0.3) is 0 Å². The van der Waals surface area contributed by atoms with Crippen LogP contribution in [0.15, 0.2) is 12.1 Å². The summed E-state index contributed by atoms with van der Waals surface area (Å²) < 4.78 is 24.2. The van der Waals surface area contributed by atoms with E-state index in [2.05, 4.69) is 0 Å². The van der Waals surface area contributed by atoms with Crippen molar-refractivity contribution in [3.05, 3.63) is 23.3 Å². The van der Waals surface area contributed by atoms with E-state index in [9.17, 15) is 4.39 Å². The van der Waals surface area contributed by atoms with E-state index in [0.29, 0.717) is 35.8 Å². The molecule has 0 fully saturated rings. The zero-order valence-corrected chi connectivity index (χ0v) is 9.65. The monoisotopic (exact) mass is 241 g/mol. The summed E-state index contributed by atoms with van der Waals surface area (Å²) in [5.41, 5.74) is 6.85. The molecule has 0 bridgehead atoms. The molecular weight excluding hydrogens is 225 g/mol. The van der Waals surface area contributed by atoms with Gasteiger partial charge in [0.2, 0.25) is 0 Å². The Balaban J connectivity index is 2.50. The Bertz CT molecular complexity index is 409. The van der Waals surface area contributed by atoms with Gasteiger partial charge in [-0.1, -0.05) is 0 Å². The van der Waals surface area contributed by atoms with Crippen molar-refractivity contribution in [3.63, 3.8) is 0 Å². The van der Waals surface area contributed by atoms with Crippen LogP contribution in [0.3, 0.4) is 0 Å². The van der Waals surface area contributed by atoms with E-state index in [0.717, 1.165) is 0 Å². The highest BCUT2D eigenvalue weighted by atomic mass is 19.1. The number of nitrogens with two attached hydrogens (primary N) is 1. The Morgan fingerprint density at radius 3 is 2.76 bits per heavy atom. The maximum Gasteiger partial charge on any atom is 0.166 e. The molecule has 1 aromatic rings. The van der Waals surface area contributed by atoms with Gasteiger partial charge >= 0.3 is 0 Å². The van der Waals surface area contributed by atoms with Crippen molar-refractivity contribution >= 4 is 0 Å². The standard InChI is InChI=1S/C12H16FNO3/c1-7(13)8-4-9(10(14)6-15)12-11(5-8)16-2-3-17-12/h4-5,7,10,15H,2-3,6,14H2,1H3. The molecule has 17 heavy (non-hydrogen) atoms. The van der Waals surface area contributed by atoms with Crippen molar-refractivity contribution in [1.29, 1.82) is 0 Å². The van der Waals surface area contributed by atoms with Crippen molar-refractivity contribution in [3.8, 4) is 11.5 Å². The van der Waals surface area contributed by atoms with Crippen LogP contribution in [0.2, 0.25) is 0 Å². The first-order chi connectivity index (χ1) is 8.13. The summed E-state index contributed by atoms with van der Waals surface area (Å²) >= 11 is 0. The van der Waals surface area contributed by atoms with Gasteiger partial charge in [-0.3, -0.25) is 0 Å². The topological polar surface area (TPSA) is 64.7 Å². The van der Waals surface area contributed by atoms with Gasteiger partial charge in [0, 0.05) is 5.56 Å². The molecule has 2 unspecified atom stereocenters. The van der Waals surface area contributed by atoms with Crippen molar-refractivity contribution in [1.82, 2.24) is 0 Å². The molecule has 4 nitrogen and oxygen atoms in total. The Morgan fingerprint density at radius 1 is 1.41 bits per heavy atom. The second kappa shape index (κ2) is 4.89. The number of ether oxygens (including phenoxy) is 2. The molecule has 0 radical (unpaired) electrons. The molecule has 1 aliphatic heterocycles. The predicted molar refractivity (Wildman–Crippen MR) is 61.0 cm³/mol. The third-order valence-corrected chi connectivity index (χ3v) is 2.75. The maximum atomic E-state index is 13.4. The van der Waals surface area contributed by atoms with Crippen LogP contribution >= 0.6 is 0 Å². The molecule has 1 heterocycles. The van der Waals surface area contributed by atoms with Crippen molar-refractivity contribution < 1.29 is 19.0 Å². The van der Waals surface area contributed by atoms with E-state index < -0.39 is 12.2 Å². The molecule has 94 valence electrons. The first-order valence-electron chi connectivity index (χ1n) is 5.57. The van der Waals surface area contributed by atoms with Gasteiger partial charge in [-0.15, -0.1) is 0 Å². The molecule has 2 rings (SSSR count). The van der Waals surface area contributed by atoms with E-state index in [1.807, 2.05) is 0 Å². The van der Waals surface area contributed by atoms with Crippen LogP contribution < -0.4 is 15.2 Å². The highest BCUT2D eigenvalue weighted by Crippen LogP contribution is 2.39. The Labute approximate surface area is 99.1 Å². The molecule has 0 aliphatic carbocycles. The average Bonchev–Trinajstić information content (AvgIpc) is 2.36. The second-order valence-electron chi connectivity index (χ2n) is 4.04. The number of hydrogen-bond donors (Lipinski definition) is 2. The molecule has 0 saturated carbocycles. The number of hydrogen-bond acceptors (Lipinski definition) is 4. The Kier molecular flexibility index (Phi) is 3.49. The molecular formula is C12H16FNO3. The number of rotatable bonds is 3. The summed E-state index contributed by atoms with van der Waals surface area (Å²) in [7, 11) is 0. The molecule has 0 saturated heterocycles. The van der Waals surface area contributed by atoms with E-state index in [-0.39, 0.29) is 6.61 Å². The zero-order valence-electron chi connectivity index (χ0n) is 9.65. The molecule has 1 aromatic carbocycles. The second-order valence-corrected chi connectivity index (χ2v) is 4.04. The summed E-state index contributed by atoms with van der Waals surface area (Å²) in [6.45, 7) is 2.09. The van der Waals surface area contributed by atoms with Gasteiger partial charge in [0.1, 0.15) is 19.4 Å². The van der Waals surface area contributed by atoms with Crippen LogP contribution in [0, 0.1) is 0 Å². The number of benzene rings is 1. The van der Waals surface area contributed by atoms with Gasteiger partial charge in [0.25, 0.3) is 0 Å². The lowest BCUT2D eigenvalue weighted by atomic mass is 10.0. The summed E-state index contributed by atoms with van der Waals surface area (Å²) in [5, 5.41) is 9.10. The van der Waals surface area contributed by atoms with Crippen LogP contribution in [0.1, 0.15) is 30.3 Å².